The number of thioether (sulfide) groups is 2. The van der Waals surface area contributed by atoms with E-state index in [0.29, 0.717) is 44.3 Å². The van der Waals surface area contributed by atoms with Crippen LogP contribution in [0.4, 0.5) is 5.69 Å². The molecule has 1 aromatic heterocycles. The number of benzene rings is 5. The third-order valence-corrected chi connectivity index (χ3v) is 14.5. The van der Waals surface area contributed by atoms with Crippen molar-refractivity contribution in [2.45, 2.75) is 88.0 Å². The summed E-state index contributed by atoms with van der Waals surface area (Å²) in [7, 11) is 0. The number of rotatable bonds is 15. The van der Waals surface area contributed by atoms with Crippen LogP contribution in [0.15, 0.2) is 101 Å². The van der Waals surface area contributed by atoms with Crippen molar-refractivity contribution < 1.29 is 28.8 Å². The summed E-state index contributed by atoms with van der Waals surface area (Å²) in [5, 5.41) is 2.14. The lowest BCUT2D eigenvalue weighted by Crippen LogP contribution is -2.31. The molecule has 0 saturated heterocycles. The number of nitrogens with zero attached hydrogens (tertiary/aromatic N) is 3. The van der Waals surface area contributed by atoms with Gasteiger partial charge in [-0.25, -0.2) is 9.88 Å². The number of Topliss-reactive ketones (excluding diaryl/α,β-unsaturated/α-hetero) is 2. The highest BCUT2D eigenvalue weighted by atomic mass is 32.2. The predicted octanol–water partition coefficient (Wildman–Crippen LogP) is 11.3. The molecule has 3 heterocycles. The minimum absolute atomic E-state index is 0.105. The Kier molecular flexibility index (Phi) is 11.4. The number of hydrogen-bond acceptors (Lipinski definition) is 9. The van der Waals surface area contributed by atoms with Crippen molar-refractivity contribution in [2.24, 2.45) is 0 Å². The molecule has 0 N–H and O–H groups in total. The van der Waals surface area contributed by atoms with E-state index in [1.807, 2.05) is 42.5 Å². The van der Waals surface area contributed by atoms with Gasteiger partial charge in [0.15, 0.2) is 11.6 Å². The first-order valence-electron chi connectivity index (χ1n) is 21.5. The highest BCUT2D eigenvalue weighted by molar-refractivity contribution is 8.02. The summed E-state index contributed by atoms with van der Waals surface area (Å²) in [5.74, 6) is -2.06. The minimum atomic E-state index is -1.24. The van der Waals surface area contributed by atoms with Crippen LogP contribution < -0.4 is 4.90 Å². The number of fused-ring (bicyclic) bond motifs is 5. The zero-order valence-corrected chi connectivity index (χ0v) is 36.5. The maximum absolute atomic E-state index is 14.5. The lowest BCUT2D eigenvalue weighted by molar-refractivity contribution is 0.0641. The Balaban J connectivity index is 1.14. The summed E-state index contributed by atoms with van der Waals surface area (Å²) in [4.78, 5) is 94.3. The van der Waals surface area contributed by atoms with Crippen LogP contribution in [0.5, 0.6) is 0 Å². The molecule has 0 spiro atoms. The van der Waals surface area contributed by atoms with Crippen molar-refractivity contribution in [1.82, 2.24) is 9.88 Å². The average molecular weight is 860 g/mol. The number of unbranched alkanes of at least 4 members (excludes halogenated alkanes) is 3. The largest absolute Gasteiger partial charge is 0.293 e. The zero-order chi connectivity index (χ0) is 43.2. The van der Waals surface area contributed by atoms with E-state index >= 15 is 0 Å². The number of imide groups is 2. The third-order valence-electron chi connectivity index (χ3n) is 12.1. The molecule has 312 valence electrons. The van der Waals surface area contributed by atoms with Gasteiger partial charge in [0.05, 0.1) is 45.7 Å². The van der Waals surface area contributed by atoms with Gasteiger partial charge in [-0.2, -0.15) is 0 Å². The zero-order valence-electron chi connectivity index (χ0n) is 34.9. The summed E-state index contributed by atoms with van der Waals surface area (Å²) in [6.07, 6.45) is 6.86. The second-order valence-electron chi connectivity index (χ2n) is 16.2. The van der Waals surface area contributed by atoms with Gasteiger partial charge in [-0.3, -0.25) is 33.7 Å². The minimum Gasteiger partial charge on any atom is -0.293 e. The van der Waals surface area contributed by atoms with Gasteiger partial charge in [0.2, 0.25) is 0 Å². The summed E-state index contributed by atoms with van der Waals surface area (Å²) in [5.41, 5.74) is 4.03. The maximum atomic E-state index is 14.5. The molecule has 6 aromatic rings. The molecular formula is C51H45N3O6S2. The molecule has 11 heteroatoms. The molecule has 62 heavy (non-hydrogen) atoms. The normalized spacial score (nSPS) is 14.9. The number of ketones is 2. The summed E-state index contributed by atoms with van der Waals surface area (Å²) >= 11 is 3.38. The lowest BCUT2D eigenvalue weighted by atomic mass is 9.97. The smallest absolute Gasteiger partial charge is 0.266 e. The van der Waals surface area contributed by atoms with E-state index in [4.69, 9.17) is 4.98 Å². The molecule has 0 unspecified atom stereocenters. The van der Waals surface area contributed by atoms with Crippen LogP contribution >= 0.6 is 23.5 Å². The molecule has 9 nitrogen and oxygen atoms in total. The standard InChI is InChI=1S/C51H45N3O6S2/c1-4-7-12-29-15-17-34-37(23-29)49(58)53(48(34)57)28-32-16-20-41(54-50(59)38-26-42(61-21-8-5-2)43(62-22-9-6-3)27-39(38)51(54)60)45-33(32)18-19-40(52-45)44-46(55)35-24-30-13-10-11-14-31(30)25-36(35)47(44)56/h10-11,13-20,23-27,44H,4-9,12,21-22,28H2,1-3H3. The number of hydrogen-bond donors (Lipinski definition) is 0. The monoisotopic (exact) mass is 859 g/mol. The fraction of sp³-hybridized carbons (Fsp3) is 0.275. The second kappa shape index (κ2) is 17.1. The Hall–Kier alpha value is -5.91. The van der Waals surface area contributed by atoms with E-state index in [2.05, 4.69) is 20.8 Å². The van der Waals surface area contributed by atoms with Crippen LogP contribution in [0.1, 0.15) is 144 Å². The van der Waals surface area contributed by atoms with Gasteiger partial charge < -0.3 is 0 Å². The molecule has 4 amide bonds. The number of anilines is 1. The van der Waals surface area contributed by atoms with E-state index < -0.39 is 29.5 Å². The highest BCUT2D eigenvalue weighted by Gasteiger charge is 2.43. The first-order chi connectivity index (χ1) is 30.1. The van der Waals surface area contributed by atoms with Gasteiger partial charge in [0, 0.05) is 26.3 Å². The van der Waals surface area contributed by atoms with Gasteiger partial charge in [0.25, 0.3) is 23.6 Å². The number of aromatic nitrogens is 1. The molecule has 0 fully saturated rings. The van der Waals surface area contributed by atoms with Crippen molar-refractivity contribution in [3.05, 3.63) is 141 Å². The SMILES string of the molecule is CCCCSc1cc2c(cc1SCCCC)C(=O)N(c1ccc(CN3C(=O)c4ccc(CCCC)cc4C3=O)c3ccc(C4C(=O)c5cc6ccccc6cc5C4=O)nc13)C2=O. The molecular weight excluding hydrogens is 815 g/mol. The van der Waals surface area contributed by atoms with E-state index in [9.17, 15) is 28.8 Å². The summed E-state index contributed by atoms with van der Waals surface area (Å²) < 4.78 is 0. The van der Waals surface area contributed by atoms with Gasteiger partial charge in [-0.05, 0) is 108 Å². The Bertz CT molecular complexity index is 2800. The van der Waals surface area contributed by atoms with Crippen molar-refractivity contribution >= 4 is 86.1 Å². The number of amides is 4. The maximum Gasteiger partial charge on any atom is 0.266 e. The molecule has 5 aromatic carbocycles. The number of carbonyl (C=O) groups excluding carboxylic acids is 6. The van der Waals surface area contributed by atoms with Crippen LogP contribution in [0.25, 0.3) is 21.7 Å². The third kappa shape index (κ3) is 7.14. The van der Waals surface area contributed by atoms with Crippen molar-refractivity contribution in [2.75, 3.05) is 16.4 Å². The molecule has 0 radical (unpaired) electrons. The van der Waals surface area contributed by atoms with E-state index in [-0.39, 0.29) is 35.0 Å². The first-order valence-corrected chi connectivity index (χ1v) is 23.5. The second-order valence-corrected chi connectivity index (χ2v) is 18.4. The Morgan fingerprint density at radius 2 is 1.15 bits per heavy atom. The predicted molar refractivity (Wildman–Crippen MR) is 245 cm³/mol. The van der Waals surface area contributed by atoms with Crippen LogP contribution in [0, 0.1) is 0 Å². The molecule has 3 aliphatic rings. The molecule has 1 aliphatic carbocycles. The van der Waals surface area contributed by atoms with Gasteiger partial charge >= 0.3 is 0 Å². The first kappa shape index (κ1) is 41.4. The Morgan fingerprint density at radius 3 is 1.74 bits per heavy atom. The fourth-order valence-electron chi connectivity index (χ4n) is 8.64. The van der Waals surface area contributed by atoms with Gasteiger partial charge in [-0.15, -0.1) is 23.5 Å². The highest BCUT2D eigenvalue weighted by Crippen LogP contribution is 2.42. The van der Waals surface area contributed by atoms with Crippen LogP contribution in [0.3, 0.4) is 0 Å². The lowest BCUT2D eigenvalue weighted by Gasteiger charge is -2.21. The summed E-state index contributed by atoms with van der Waals surface area (Å²) in [6, 6.07) is 26.8. The Morgan fingerprint density at radius 1 is 0.565 bits per heavy atom. The quantitative estimate of drug-likeness (QED) is 0.0430. The molecule has 0 saturated carbocycles. The number of aryl methyl sites for hydroxylation is 1. The summed E-state index contributed by atoms with van der Waals surface area (Å²) in [6.45, 7) is 6.27. The number of carbonyl (C=O) groups is 6. The average Bonchev–Trinajstić information content (AvgIpc) is 3.78. The van der Waals surface area contributed by atoms with Crippen LogP contribution in [-0.2, 0) is 13.0 Å². The molecule has 0 bridgehead atoms. The van der Waals surface area contributed by atoms with Crippen molar-refractivity contribution in [3.63, 3.8) is 0 Å². The van der Waals surface area contributed by atoms with Crippen molar-refractivity contribution in [3.8, 4) is 0 Å². The molecule has 9 rings (SSSR count). The Labute approximate surface area is 368 Å². The van der Waals surface area contributed by atoms with E-state index in [1.54, 1.807) is 72.1 Å². The van der Waals surface area contributed by atoms with Crippen molar-refractivity contribution in [1.29, 1.82) is 0 Å². The topological polar surface area (TPSA) is 122 Å². The molecule has 0 atom stereocenters. The number of pyridine rings is 1. The van der Waals surface area contributed by atoms with Crippen LogP contribution in [0.2, 0.25) is 0 Å². The van der Waals surface area contributed by atoms with Gasteiger partial charge in [0.1, 0.15) is 5.92 Å². The van der Waals surface area contributed by atoms with E-state index in [0.717, 1.165) is 87.5 Å². The van der Waals surface area contributed by atoms with E-state index in [1.165, 1.54) is 4.90 Å². The van der Waals surface area contributed by atoms with Gasteiger partial charge in [-0.1, -0.05) is 82.5 Å². The molecule has 2 aliphatic heterocycles. The fourth-order valence-corrected chi connectivity index (χ4v) is 11.1. The van der Waals surface area contributed by atoms with Crippen LogP contribution in [-0.4, -0.2) is 56.6 Å².